The first-order valence-corrected chi connectivity index (χ1v) is 9.47. The normalized spacial score (nSPS) is 13.1. The number of methoxy groups -OCH3 is 1. The Hall–Kier alpha value is -3.58. The van der Waals surface area contributed by atoms with E-state index in [1.807, 2.05) is 16.7 Å². The van der Waals surface area contributed by atoms with Gasteiger partial charge < -0.3 is 19.4 Å². The Kier molecular flexibility index (Phi) is 5.29. The molecule has 1 amide bonds. The number of benzene rings is 2. The SMILES string of the molecule is COc1cccc2c(C(=O)C(=O)NC3=CC(=O)OC3)cn(Cc3ccc(Cl)cc3)c12. The third-order valence-electron chi connectivity index (χ3n) is 4.73. The predicted molar refractivity (Wildman–Crippen MR) is 111 cm³/mol. The molecule has 0 saturated carbocycles. The van der Waals surface area contributed by atoms with E-state index in [1.165, 1.54) is 0 Å². The summed E-state index contributed by atoms with van der Waals surface area (Å²) in [6.07, 6.45) is 2.78. The first-order chi connectivity index (χ1) is 14.5. The van der Waals surface area contributed by atoms with Crippen molar-refractivity contribution in [1.82, 2.24) is 9.88 Å². The number of carbonyl (C=O) groups excluding carboxylic acids is 3. The summed E-state index contributed by atoms with van der Waals surface area (Å²) >= 11 is 5.97. The maximum Gasteiger partial charge on any atom is 0.333 e. The zero-order valence-electron chi connectivity index (χ0n) is 16.0. The van der Waals surface area contributed by atoms with E-state index in [0.717, 1.165) is 11.6 Å². The quantitative estimate of drug-likeness (QED) is 0.373. The summed E-state index contributed by atoms with van der Waals surface area (Å²) in [6.45, 7) is 0.389. The van der Waals surface area contributed by atoms with Gasteiger partial charge >= 0.3 is 5.97 Å². The summed E-state index contributed by atoms with van der Waals surface area (Å²) in [5, 5.41) is 3.66. The van der Waals surface area contributed by atoms with E-state index in [-0.39, 0.29) is 17.9 Å². The second-order valence-electron chi connectivity index (χ2n) is 6.71. The smallest absolute Gasteiger partial charge is 0.333 e. The summed E-state index contributed by atoms with van der Waals surface area (Å²) in [5.74, 6) is -1.53. The van der Waals surface area contributed by atoms with Crippen molar-refractivity contribution in [2.24, 2.45) is 0 Å². The van der Waals surface area contributed by atoms with Gasteiger partial charge in [0.25, 0.3) is 11.7 Å². The number of halogens is 1. The number of hydrogen-bond donors (Lipinski definition) is 1. The summed E-state index contributed by atoms with van der Waals surface area (Å²) in [4.78, 5) is 36.5. The summed E-state index contributed by atoms with van der Waals surface area (Å²) in [7, 11) is 1.55. The number of amides is 1. The lowest BCUT2D eigenvalue weighted by Crippen LogP contribution is -2.31. The van der Waals surface area contributed by atoms with Crippen LogP contribution in [-0.4, -0.2) is 35.9 Å². The van der Waals surface area contributed by atoms with Crippen molar-refractivity contribution in [2.75, 3.05) is 13.7 Å². The molecule has 0 saturated heterocycles. The maximum absolute atomic E-state index is 12.9. The van der Waals surface area contributed by atoms with Crippen molar-refractivity contribution in [3.8, 4) is 5.75 Å². The highest BCUT2D eigenvalue weighted by Gasteiger charge is 2.25. The third-order valence-corrected chi connectivity index (χ3v) is 4.99. The number of esters is 1. The Bertz CT molecular complexity index is 1190. The summed E-state index contributed by atoms with van der Waals surface area (Å²) in [6, 6.07) is 12.7. The molecule has 0 spiro atoms. The molecule has 2 aromatic carbocycles. The van der Waals surface area contributed by atoms with Crippen LogP contribution in [-0.2, 0) is 20.9 Å². The number of ketones is 1. The van der Waals surface area contributed by atoms with Gasteiger partial charge in [-0.2, -0.15) is 0 Å². The van der Waals surface area contributed by atoms with Crippen LogP contribution >= 0.6 is 11.6 Å². The highest BCUT2D eigenvalue weighted by Crippen LogP contribution is 2.31. The maximum atomic E-state index is 12.9. The summed E-state index contributed by atoms with van der Waals surface area (Å²) < 4.78 is 12.1. The number of para-hydroxylation sites is 1. The van der Waals surface area contributed by atoms with Crippen LogP contribution in [0.25, 0.3) is 10.9 Å². The van der Waals surface area contributed by atoms with Gasteiger partial charge in [0.05, 0.1) is 23.9 Å². The number of nitrogens with one attached hydrogen (secondary N) is 1. The third kappa shape index (κ3) is 3.79. The zero-order valence-corrected chi connectivity index (χ0v) is 16.7. The number of carbonyl (C=O) groups is 3. The lowest BCUT2D eigenvalue weighted by molar-refractivity contribution is -0.135. The van der Waals surface area contributed by atoms with Gasteiger partial charge in [-0.3, -0.25) is 9.59 Å². The fraction of sp³-hybridized carbons (Fsp3) is 0.136. The Morgan fingerprint density at radius 2 is 1.97 bits per heavy atom. The topological polar surface area (TPSA) is 86.6 Å². The minimum absolute atomic E-state index is 0.0655. The number of nitrogens with zero attached hydrogens (tertiary/aromatic N) is 1. The predicted octanol–water partition coefficient (Wildman–Crippen LogP) is 3.09. The van der Waals surface area contributed by atoms with Gasteiger partial charge in [0.15, 0.2) is 0 Å². The van der Waals surface area contributed by atoms with Crippen molar-refractivity contribution in [3.05, 3.63) is 76.6 Å². The van der Waals surface area contributed by atoms with Crippen LogP contribution in [0, 0.1) is 0 Å². The zero-order chi connectivity index (χ0) is 21.3. The fourth-order valence-corrected chi connectivity index (χ4v) is 3.48. The monoisotopic (exact) mass is 424 g/mol. The standard InChI is InChI=1S/C22H17ClN2O5/c1-29-18-4-2-3-16-17(21(27)22(28)24-15-9-19(26)30-12-15)11-25(20(16)18)10-13-5-7-14(23)8-6-13/h2-9,11H,10,12H2,1H3,(H,24,28). The van der Waals surface area contributed by atoms with E-state index >= 15 is 0 Å². The van der Waals surface area contributed by atoms with Gasteiger partial charge in [0, 0.05) is 29.2 Å². The van der Waals surface area contributed by atoms with E-state index in [1.54, 1.807) is 43.6 Å². The molecule has 1 aliphatic heterocycles. The number of rotatable bonds is 6. The van der Waals surface area contributed by atoms with E-state index < -0.39 is 17.7 Å². The molecule has 4 rings (SSSR count). The molecule has 0 unspecified atom stereocenters. The molecular weight excluding hydrogens is 408 g/mol. The van der Waals surface area contributed by atoms with Crippen molar-refractivity contribution < 1.29 is 23.9 Å². The molecule has 0 atom stereocenters. The number of ether oxygens (including phenoxy) is 2. The summed E-state index contributed by atoms with van der Waals surface area (Å²) in [5.41, 5.74) is 2.16. The Morgan fingerprint density at radius 3 is 2.63 bits per heavy atom. The van der Waals surface area contributed by atoms with Crippen LogP contribution in [0.15, 0.2) is 60.4 Å². The largest absolute Gasteiger partial charge is 0.495 e. The molecule has 1 aromatic heterocycles. The molecule has 30 heavy (non-hydrogen) atoms. The number of hydrogen-bond acceptors (Lipinski definition) is 5. The van der Waals surface area contributed by atoms with Crippen LogP contribution in [0.1, 0.15) is 15.9 Å². The van der Waals surface area contributed by atoms with Crippen molar-refractivity contribution in [3.63, 3.8) is 0 Å². The van der Waals surface area contributed by atoms with Gasteiger partial charge in [-0.15, -0.1) is 0 Å². The van der Waals surface area contributed by atoms with Crippen LogP contribution < -0.4 is 10.1 Å². The molecule has 1 aliphatic rings. The molecule has 152 valence electrons. The lowest BCUT2D eigenvalue weighted by Gasteiger charge is -2.09. The average Bonchev–Trinajstić information content (AvgIpc) is 3.32. The number of cyclic esters (lactones) is 1. The highest BCUT2D eigenvalue weighted by molar-refractivity contribution is 6.45. The minimum Gasteiger partial charge on any atom is -0.495 e. The molecule has 8 heteroatoms. The molecular formula is C22H17ClN2O5. The Labute approximate surface area is 176 Å². The molecule has 1 N–H and O–H groups in total. The van der Waals surface area contributed by atoms with E-state index in [9.17, 15) is 14.4 Å². The highest BCUT2D eigenvalue weighted by atomic mass is 35.5. The average molecular weight is 425 g/mol. The molecule has 7 nitrogen and oxygen atoms in total. The van der Waals surface area contributed by atoms with Crippen LogP contribution in [0.4, 0.5) is 0 Å². The molecule has 0 bridgehead atoms. The second-order valence-corrected chi connectivity index (χ2v) is 7.15. The Morgan fingerprint density at radius 1 is 1.20 bits per heavy atom. The number of Topliss-reactive ketones (excluding diaryl/α,β-unsaturated/α-hetero) is 1. The minimum atomic E-state index is -0.840. The Balaban J connectivity index is 1.72. The second kappa shape index (κ2) is 8.04. The van der Waals surface area contributed by atoms with Gasteiger partial charge in [-0.05, 0) is 23.8 Å². The van der Waals surface area contributed by atoms with E-state index in [2.05, 4.69) is 5.32 Å². The van der Waals surface area contributed by atoms with Gasteiger partial charge in [-0.1, -0.05) is 35.9 Å². The number of fused-ring (bicyclic) bond motifs is 1. The van der Waals surface area contributed by atoms with Crippen LogP contribution in [0.5, 0.6) is 5.75 Å². The van der Waals surface area contributed by atoms with Gasteiger partial charge in [-0.25, -0.2) is 4.79 Å². The van der Waals surface area contributed by atoms with E-state index in [4.69, 9.17) is 21.1 Å². The first kappa shape index (κ1) is 19.7. The molecule has 0 fully saturated rings. The first-order valence-electron chi connectivity index (χ1n) is 9.09. The van der Waals surface area contributed by atoms with Crippen LogP contribution in [0.2, 0.25) is 5.02 Å². The van der Waals surface area contributed by atoms with Crippen molar-refractivity contribution >= 4 is 40.2 Å². The van der Waals surface area contributed by atoms with Gasteiger partial charge in [0.1, 0.15) is 12.4 Å². The molecule has 0 aliphatic carbocycles. The van der Waals surface area contributed by atoms with Crippen LogP contribution in [0.3, 0.4) is 0 Å². The molecule has 2 heterocycles. The number of aromatic nitrogens is 1. The molecule has 0 radical (unpaired) electrons. The fourth-order valence-electron chi connectivity index (χ4n) is 3.35. The molecule has 3 aromatic rings. The lowest BCUT2D eigenvalue weighted by atomic mass is 10.1. The van der Waals surface area contributed by atoms with Crippen molar-refractivity contribution in [1.29, 1.82) is 0 Å². The van der Waals surface area contributed by atoms with Crippen molar-refractivity contribution in [2.45, 2.75) is 6.54 Å². The van der Waals surface area contributed by atoms with E-state index in [0.29, 0.717) is 28.2 Å². The van der Waals surface area contributed by atoms with Gasteiger partial charge in [0.2, 0.25) is 0 Å².